The zero-order valence-electron chi connectivity index (χ0n) is 8.58. The normalized spacial score (nSPS) is 13.6. The minimum Gasteiger partial charge on any atom is -0.504 e. The molecular formula is C10H12F3NO2. The molecule has 0 aromatic heterocycles. The zero-order valence-corrected chi connectivity index (χ0v) is 8.58. The van der Waals surface area contributed by atoms with Crippen molar-refractivity contribution in [2.75, 3.05) is 13.7 Å². The largest absolute Gasteiger partial charge is 0.504 e. The van der Waals surface area contributed by atoms with Gasteiger partial charge in [0.25, 0.3) is 0 Å². The van der Waals surface area contributed by atoms with Crippen LogP contribution in [0, 0.1) is 0 Å². The summed E-state index contributed by atoms with van der Waals surface area (Å²) in [5.74, 6) is -1.95. The van der Waals surface area contributed by atoms with Crippen LogP contribution in [0.2, 0.25) is 0 Å². The molecule has 0 fully saturated rings. The van der Waals surface area contributed by atoms with E-state index in [9.17, 15) is 18.3 Å². The molecule has 90 valence electrons. The van der Waals surface area contributed by atoms with Gasteiger partial charge in [-0.15, -0.1) is 0 Å². The van der Waals surface area contributed by atoms with Crippen LogP contribution in [0.3, 0.4) is 0 Å². The Bertz CT molecular complexity index is 366. The topological polar surface area (TPSA) is 55.5 Å². The van der Waals surface area contributed by atoms with Gasteiger partial charge in [-0.2, -0.15) is 13.2 Å². The molecule has 0 saturated carbocycles. The SMILES string of the molecule is COc1cc(C(CN)C(F)(F)F)ccc1O. The molecule has 1 aromatic carbocycles. The number of benzene rings is 1. The Balaban J connectivity index is 3.12. The van der Waals surface area contributed by atoms with Crippen molar-refractivity contribution in [1.82, 2.24) is 0 Å². The lowest BCUT2D eigenvalue weighted by atomic mass is 9.98. The van der Waals surface area contributed by atoms with Gasteiger partial charge < -0.3 is 15.6 Å². The van der Waals surface area contributed by atoms with Crippen molar-refractivity contribution in [1.29, 1.82) is 0 Å². The molecule has 0 bridgehead atoms. The summed E-state index contributed by atoms with van der Waals surface area (Å²) in [4.78, 5) is 0. The molecule has 1 aromatic rings. The number of ether oxygens (including phenoxy) is 1. The van der Waals surface area contributed by atoms with Crippen LogP contribution in [0.1, 0.15) is 11.5 Å². The van der Waals surface area contributed by atoms with Crippen LogP contribution >= 0.6 is 0 Å². The maximum absolute atomic E-state index is 12.6. The molecule has 0 spiro atoms. The minimum atomic E-state index is -4.41. The molecule has 1 atom stereocenters. The van der Waals surface area contributed by atoms with Crippen molar-refractivity contribution in [3.05, 3.63) is 23.8 Å². The van der Waals surface area contributed by atoms with E-state index >= 15 is 0 Å². The number of aromatic hydroxyl groups is 1. The average molecular weight is 235 g/mol. The zero-order chi connectivity index (χ0) is 12.3. The van der Waals surface area contributed by atoms with Gasteiger partial charge in [0.15, 0.2) is 11.5 Å². The molecular weight excluding hydrogens is 223 g/mol. The molecule has 0 aliphatic rings. The van der Waals surface area contributed by atoms with Gasteiger partial charge >= 0.3 is 6.18 Å². The Labute approximate surface area is 90.6 Å². The number of nitrogens with two attached hydrogens (primary N) is 1. The highest BCUT2D eigenvalue weighted by molar-refractivity contribution is 5.43. The van der Waals surface area contributed by atoms with Crippen LogP contribution in [0.5, 0.6) is 11.5 Å². The summed E-state index contributed by atoms with van der Waals surface area (Å²) in [6.45, 7) is -0.544. The first kappa shape index (κ1) is 12.6. The molecule has 3 nitrogen and oxygen atoms in total. The number of hydrogen-bond donors (Lipinski definition) is 2. The molecule has 0 aliphatic carbocycles. The second-order valence-electron chi connectivity index (χ2n) is 3.26. The highest BCUT2D eigenvalue weighted by atomic mass is 19.4. The van der Waals surface area contributed by atoms with Crippen LogP contribution in [0.4, 0.5) is 13.2 Å². The Kier molecular flexibility index (Phi) is 3.64. The number of methoxy groups -OCH3 is 1. The molecule has 0 heterocycles. The number of halogens is 3. The summed E-state index contributed by atoms with van der Waals surface area (Å²) in [6.07, 6.45) is -4.41. The lowest BCUT2D eigenvalue weighted by Gasteiger charge is -2.19. The van der Waals surface area contributed by atoms with Crippen molar-refractivity contribution in [3.63, 3.8) is 0 Å². The van der Waals surface area contributed by atoms with E-state index in [2.05, 4.69) is 0 Å². The number of rotatable bonds is 3. The first-order chi connectivity index (χ1) is 7.40. The Morgan fingerprint density at radius 2 is 2.06 bits per heavy atom. The van der Waals surface area contributed by atoms with Crippen molar-refractivity contribution in [2.24, 2.45) is 5.73 Å². The van der Waals surface area contributed by atoms with Gasteiger partial charge in [-0.25, -0.2) is 0 Å². The molecule has 6 heteroatoms. The van der Waals surface area contributed by atoms with Gasteiger partial charge in [-0.3, -0.25) is 0 Å². The molecule has 0 amide bonds. The average Bonchev–Trinajstić information content (AvgIpc) is 2.19. The van der Waals surface area contributed by atoms with E-state index < -0.39 is 18.6 Å². The highest BCUT2D eigenvalue weighted by Gasteiger charge is 2.39. The maximum atomic E-state index is 12.6. The van der Waals surface area contributed by atoms with E-state index in [1.807, 2.05) is 0 Å². The predicted molar refractivity (Wildman–Crippen MR) is 52.5 cm³/mol. The third-order valence-electron chi connectivity index (χ3n) is 2.24. The van der Waals surface area contributed by atoms with E-state index in [1.54, 1.807) is 0 Å². The number of phenolic OH excluding ortho intramolecular Hbond substituents is 1. The van der Waals surface area contributed by atoms with Crippen molar-refractivity contribution >= 4 is 0 Å². The van der Waals surface area contributed by atoms with Gasteiger partial charge in [0.1, 0.15) is 0 Å². The maximum Gasteiger partial charge on any atom is 0.396 e. The predicted octanol–water partition coefficient (Wildman–Crippen LogP) is 2.01. The van der Waals surface area contributed by atoms with E-state index in [0.29, 0.717) is 0 Å². The van der Waals surface area contributed by atoms with Gasteiger partial charge in [0.05, 0.1) is 13.0 Å². The molecule has 16 heavy (non-hydrogen) atoms. The Morgan fingerprint density at radius 1 is 1.44 bits per heavy atom. The van der Waals surface area contributed by atoms with E-state index in [-0.39, 0.29) is 17.1 Å². The molecule has 0 radical (unpaired) electrons. The Morgan fingerprint density at radius 3 is 2.50 bits per heavy atom. The second kappa shape index (κ2) is 4.61. The molecule has 0 aliphatic heterocycles. The summed E-state index contributed by atoms with van der Waals surface area (Å²) in [5, 5.41) is 9.25. The highest BCUT2D eigenvalue weighted by Crippen LogP contribution is 2.37. The van der Waals surface area contributed by atoms with Gasteiger partial charge in [-0.1, -0.05) is 6.07 Å². The minimum absolute atomic E-state index is 0.000185. The first-order valence-electron chi connectivity index (χ1n) is 4.53. The van der Waals surface area contributed by atoms with Crippen LogP contribution in [0.25, 0.3) is 0 Å². The van der Waals surface area contributed by atoms with Crippen molar-refractivity contribution in [2.45, 2.75) is 12.1 Å². The quantitative estimate of drug-likeness (QED) is 0.842. The van der Waals surface area contributed by atoms with E-state index in [0.717, 1.165) is 12.1 Å². The third-order valence-corrected chi connectivity index (χ3v) is 2.24. The van der Waals surface area contributed by atoms with Crippen LogP contribution in [0.15, 0.2) is 18.2 Å². The number of phenols is 1. The second-order valence-corrected chi connectivity index (χ2v) is 3.26. The fourth-order valence-corrected chi connectivity index (χ4v) is 1.37. The molecule has 3 N–H and O–H groups in total. The van der Waals surface area contributed by atoms with Crippen molar-refractivity contribution < 1.29 is 23.0 Å². The molecule has 1 unspecified atom stereocenters. The van der Waals surface area contributed by atoms with Crippen molar-refractivity contribution in [3.8, 4) is 11.5 Å². The summed E-state index contributed by atoms with van der Waals surface area (Å²) in [5.41, 5.74) is 5.07. The summed E-state index contributed by atoms with van der Waals surface area (Å²) < 4.78 is 42.4. The number of hydrogen-bond acceptors (Lipinski definition) is 3. The lowest BCUT2D eigenvalue weighted by Crippen LogP contribution is -2.27. The van der Waals surface area contributed by atoms with Gasteiger partial charge in [0.2, 0.25) is 0 Å². The lowest BCUT2D eigenvalue weighted by molar-refractivity contribution is -0.148. The summed E-state index contributed by atoms with van der Waals surface area (Å²) in [7, 11) is 1.27. The fraction of sp³-hybridized carbons (Fsp3) is 0.400. The molecule has 0 saturated heterocycles. The van der Waals surface area contributed by atoms with E-state index in [4.69, 9.17) is 10.5 Å². The van der Waals surface area contributed by atoms with Gasteiger partial charge in [0, 0.05) is 6.54 Å². The van der Waals surface area contributed by atoms with Crippen LogP contribution < -0.4 is 10.5 Å². The summed E-state index contributed by atoms with van der Waals surface area (Å²) >= 11 is 0. The third kappa shape index (κ3) is 2.57. The fourth-order valence-electron chi connectivity index (χ4n) is 1.37. The van der Waals surface area contributed by atoms with Crippen LogP contribution in [-0.4, -0.2) is 24.9 Å². The number of alkyl halides is 3. The van der Waals surface area contributed by atoms with Crippen LogP contribution in [-0.2, 0) is 0 Å². The standard InChI is InChI=1S/C10H12F3NO2/c1-16-9-4-6(2-3-8(9)15)7(5-14)10(11,12)13/h2-4,7,15H,5,14H2,1H3. The summed E-state index contributed by atoms with van der Waals surface area (Å²) in [6, 6.07) is 3.48. The van der Waals surface area contributed by atoms with E-state index in [1.165, 1.54) is 13.2 Å². The van der Waals surface area contributed by atoms with Gasteiger partial charge in [-0.05, 0) is 17.7 Å². The smallest absolute Gasteiger partial charge is 0.396 e. The first-order valence-corrected chi connectivity index (χ1v) is 4.53. The monoisotopic (exact) mass is 235 g/mol. The Hall–Kier alpha value is -1.43. The molecule has 1 rings (SSSR count).